The van der Waals surface area contributed by atoms with Crippen LogP contribution in [0.4, 0.5) is 11.4 Å². The molecule has 0 aliphatic rings. The Bertz CT molecular complexity index is 1700. The lowest BCUT2D eigenvalue weighted by Gasteiger charge is -2.22. The van der Waals surface area contributed by atoms with Crippen LogP contribution in [0.2, 0.25) is 0 Å². The number of hydrogen-bond acceptors (Lipinski definition) is 7. The topological polar surface area (TPSA) is 63.3 Å². The van der Waals surface area contributed by atoms with E-state index in [0.29, 0.717) is 12.8 Å². The lowest BCUT2D eigenvalue weighted by molar-refractivity contribution is -0.671. The molecule has 3 aromatic rings. The molecule has 2 amide bonds. The molecule has 8 nitrogen and oxygen atoms in total. The first-order valence-corrected chi connectivity index (χ1v) is 22.4. The fourth-order valence-electron chi connectivity index (χ4n) is 5.82. The fraction of sp³-hybridized carbons (Fsp3) is 0.435. The Hall–Kier alpha value is -4.28. The van der Waals surface area contributed by atoms with Gasteiger partial charge in [-0.15, -0.1) is 0 Å². The smallest absolute Gasteiger partial charge is 0.222 e. The van der Waals surface area contributed by atoms with Gasteiger partial charge in [-0.25, -0.2) is 4.57 Å². The summed E-state index contributed by atoms with van der Waals surface area (Å²) in [6, 6.07) is 21.4. The first-order valence-electron chi connectivity index (χ1n) is 19.9. The molecule has 10 heteroatoms. The second-order valence-electron chi connectivity index (χ2n) is 14.2. The van der Waals surface area contributed by atoms with Crippen molar-refractivity contribution in [3.63, 3.8) is 0 Å². The van der Waals surface area contributed by atoms with Crippen molar-refractivity contribution >= 4 is 69.2 Å². The highest BCUT2D eigenvalue weighted by molar-refractivity contribution is 8.76. The summed E-state index contributed by atoms with van der Waals surface area (Å²) in [6.45, 7) is 5.42. The number of rotatable bonds is 25. The van der Waals surface area contributed by atoms with Crippen LogP contribution >= 0.6 is 21.6 Å². The summed E-state index contributed by atoms with van der Waals surface area (Å²) in [5, 5.41) is 0. The average Bonchev–Trinajstić information content (AvgIpc) is 3.21. The molecule has 0 fully saturated rings. The van der Waals surface area contributed by atoms with Crippen LogP contribution < -0.4 is 14.4 Å². The SMILES string of the molecule is CCC(/C=C/c1ccc(N(C)CCCN(C)C(=O)CCCSSCCCC(=O)N(C)CCCN(C)c2ccc(C=Cc3cc[n+](C)cc3)cc2)cc1)=C\C=NC. The molecule has 302 valence electrons. The van der Waals surface area contributed by atoms with Crippen LogP contribution in [0.3, 0.4) is 0 Å². The highest BCUT2D eigenvalue weighted by atomic mass is 33.1. The van der Waals surface area contributed by atoms with Gasteiger partial charge in [-0.3, -0.25) is 14.6 Å². The summed E-state index contributed by atoms with van der Waals surface area (Å²) in [4.78, 5) is 37.6. The first kappa shape index (κ1) is 46.1. The van der Waals surface area contributed by atoms with Crippen molar-refractivity contribution in [3.05, 3.63) is 107 Å². The van der Waals surface area contributed by atoms with Crippen molar-refractivity contribution in [1.29, 1.82) is 0 Å². The predicted molar refractivity (Wildman–Crippen MR) is 246 cm³/mol. The lowest BCUT2D eigenvalue weighted by Crippen LogP contribution is -2.30. The third-order valence-corrected chi connectivity index (χ3v) is 12.2. The van der Waals surface area contributed by atoms with Gasteiger partial charge in [0.25, 0.3) is 0 Å². The zero-order chi connectivity index (χ0) is 40.5. The molecule has 3 rings (SSSR count). The van der Waals surface area contributed by atoms with Crippen molar-refractivity contribution in [3.8, 4) is 0 Å². The molecule has 1 aromatic heterocycles. The molecular formula is C46H65N6O2S2+. The minimum atomic E-state index is 0.208. The zero-order valence-electron chi connectivity index (χ0n) is 34.9. The molecule has 0 unspecified atom stereocenters. The normalized spacial score (nSPS) is 11.9. The van der Waals surface area contributed by atoms with Gasteiger partial charge >= 0.3 is 0 Å². The summed E-state index contributed by atoms with van der Waals surface area (Å²) >= 11 is 0. The lowest BCUT2D eigenvalue weighted by atomic mass is 10.1. The molecule has 0 spiro atoms. The van der Waals surface area contributed by atoms with E-state index in [2.05, 4.69) is 121 Å². The van der Waals surface area contributed by atoms with E-state index in [1.165, 1.54) is 33.6 Å². The number of carbonyl (C=O) groups excluding carboxylic acids is 2. The van der Waals surface area contributed by atoms with Crippen LogP contribution in [-0.4, -0.2) is 101 Å². The number of pyridine rings is 1. The van der Waals surface area contributed by atoms with Crippen molar-refractivity contribution in [1.82, 2.24) is 9.80 Å². The van der Waals surface area contributed by atoms with Gasteiger partial charge in [-0.1, -0.05) is 77.1 Å². The molecule has 1 heterocycles. The maximum Gasteiger partial charge on any atom is 0.222 e. The first-order chi connectivity index (χ1) is 27.1. The molecule has 0 atom stereocenters. The zero-order valence-corrected chi connectivity index (χ0v) is 36.5. The number of aromatic nitrogens is 1. The summed E-state index contributed by atoms with van der Waals surface area (Å²) in [6.07, 6.45) is 22.2. The molecule has 0 aliphatic heterocycles. The van der Waals surface area contributed by atoms with Gasteiger partial charge < -0.3 is 19.6 Å². The van der Waals surface area contributed by atoms with Gasteiger partial charge in [-0.2, -0.15) is 0 Å². The van der Waals surface area contributed by atoms with Crippen LogP contribution in [0.15, 0.2) is 95.8 Å². The van der Waals surface area contributed by atoms with Gasteiger partial charge in [0.1, 0.15) is 7.05 Å². The quantitative estimate of drug-likeness (QED) is 0.0281. The van der Waals surface area contributed by atoms with Crippen molar-refractivity contribution in [2.75, 3.05) is 82.7 Å². The Morgan fingerprint density at radius 2 is 1.09 bits per heavy atom. The number of aliphatic imine (C=N–C) groups is 1. The Kier molecular flexibility index (Phi) is 21.9. The van der Waals surface area contributed by atoms with E-state index in [0.717, 1.165) is 69.8 Å². The Labute approximate surface area is 345 Å². The largest absolute Gasteiger partial charge is 0.375 e. The van der Waals surface area contributed by atoms with E-state index in [1.54, 1.807) is 28.6 Å². The van der Waals surface area contributed by atoms with Gasteiger partial charge in [-0.05, 0) is 84.7 Å². The van der Waals surface area contributed by atoms with Crippen molar-refractivity contribution < 1.29 is 14.2 Å². The molecule has 0 saturated heterocycles. The highest BCUT2D eigenvalue weighted by Crippen LogP contribution is 2.24. The number of amides is 2. The number of carbonyl (C=O) groups is 2. The molecule has 0 saturated carbocycles. The third-order valence-electron chi connectivity index (χ3n) is 9.62. The Morgan fingerprint density at radius 3 is 1.54 bits per heavy atom. The van der Waals surface area contributed by atoms with Crippen LogP contribution in [-0.2, 0) is 16.6 Å². The van der Waals surface area contributed by atoms with Crippen LogP contribution in [0.25, 0.3) is 18.2 Å². The second-order valence-corrected chi connectivity index (χ2v) is 16.9. The van der Waals surface area contributed by atoms with E-state index in [1.807, 2.05) is 60.2 Å². The Morgan fingerprint density at radius 1 is 0.643 bits per heavy atom. The average molecular weight is 798 g/mol. The molecule has 0 aliphatic carbocycles. The van der Waals surface area contributed by atoms with Crippen LogP contribution in [0, 0.1) is 0 Å². The summed E-state index contributed by atoms with van der Waals surface area (Å²) in [5.74, 6) is 2.29. The third kappa shape index (κ3) is 18.1. The summed E-state index contributed by atoms with van der Waals surface area (Å²) in [5.41, 5.74) is 7.10. The minimum absolute atomic E-state index is 0.208. The number of anilines is 2. The molecule has 0 N–H and O–H groups in total. The van der Waals surface area contributed by atoms with Gasteiger partial charge in [0.15, 0.2) is 12.4 Å². The van der Waals surface area contributed by atoms with E-state index in [9.17, 15) is 9.59 Å². The van der Waals surface area contributed by atoms with Crippen LogP contribution in [0.5, 0.6) is 0 Å². The standard InChI is InChI=1S/C46H65N6O2S2/c1-8-39(27-30-47-2)15-16-40-19-23-43(24-20-40)49(4)31-11-33-51(6)45(53)13-9-37-55-56-38-10-14-46(54)52(7)34-12-32-50(5)44-25-21-41(22-26-44)17-18-42-28-35-48(3)36-29-42/h15-30,35-36H,8-14,31-34,37-38H2,1-7H3/q+1/b16-15+,39-27+,47-30?. The summed E-state index contributed by atoms with van der Waals surface area (Å²) in [7, 11) is 15.4. The van der Waals surface area contributed by atoms with Crippen LogP contribution in [0.1, 0.15) is 68.6 Å². The number of nitrogens with zero attached hydrogens (tertiary/aromatic N) is 6. The second kappa shape index (κ2) is 26.6. The van der Waals surface area contributed by atoms with Crippen molar-refractivity contribution in [2.45, 2.75) is 51.9 Å². The van der Waals surface area contributed by atoms with E-state index in [4.69, 9.17) is 0 Å². The predicted octanol–water partition coefficient (Wildman–Crippen LogP) is 8.94. The molecule has 56 heavy (non-hydrogen) atoms. The number of benzene rings is 2. The van der Waals surface area contributed by atoms with Crippen molar-refractivity contribution in [2.24, 2.45) is 12.0 Å². The highest BCUT2D eigenvalue weighted by Gasteiger charge is 2.11. The maximum absolute atomic E-state index is 12.7. The summed E-state index contributed by atoms with van der Waals surface area (Å²) < 4.78 is 2.03. The minimum Gasteiger partial charge on any atom is -0.375 e. The maximum atomic E-state index is 12.7. The molecule has 2 aromatic carbocycles. The molecule has 0 radical (unpaired) electrons. The van der Waals surface area contributed by atoms with E-state index < -0.39 is 0 Å². The molecular weight excluding hydrogens is 733 g/mol. The van der Waals surface area contributed by atoms with E-state index in [-0.39, 0.29) is 11.8 Å². The van der Waals surface area contributed by atoms with Gasteiger partial charge in [0, 0.05) is 115 Å². The van der Waals surface area contributed by atoms with Gasteiger partial charge in [0.2, 0.25) is 11.8 Å². The Balaban J connectivity index is 1.19. The van der Waals surface area contributed by atoms with Gasteiger partial charge in [0.05, 0.1) is 0 Å². The number of aryl methyl sites for hydroxylation is 1. The monoisotopic (exact) mass is 797 g/mol. The number of allylic oxidation sites excluding steroid dienone is 3. The number of hydrogen-bond donors (Lipinski definition) is 0. The molecule has 0 bridgehead atoms. The van der Waals surface area contributed by atoms with E-state index >= 15 is 0 Å². The fourth-order valence-corrected chi connectivity index (χ4v) is 8.00.